The average molecular weight is 256 g/mol. The highest BCUT2D eigenvalue weighted by Crippen LogP contribution is 2.36. The summed E-state index contributed by atoms with van der Waals surface area (Å²) < 4.78 is 16.4. The van der Waals surface area contributed by atoms with E-state index in [0.29, 0.717) is 28.4 Å². The molecule has 0 N–H and O–H groups in total. The van der Waals surface area contributed by atoms with E-state index < -0.39 is 0 Å². The second-order valence-corrected chi connectivity index (χ2v) is 4.26. The highest BCUT2D eigenvalue weighted by Gasteiger charge is 2.16. The zero-order valence-corrected chi connectivity index (χ0v) is 10.6. The van der Waals surface area contributed by atoms with Gasteiger partial charge in [0.25, 0.3) is 0 Å². The van der Waals surface area contributed by atoms with Crippen molar-refractivity contribution in [1.29, 1.82) is 0 Å². The van der Waals surface area contributed by atoms with Crippen LogP contribution in [0.3, 0.4) is 0 Å². The molecule has 2 heterocycles. The van der Waals surface area contributed by atoms with Crippen LogP contribution in [-0.2, 0) is 0 Å². The smallest absolute Gasteiger partial charge is 0.177 e. The Balaban J connectivity index is 2.30. The summed E-state index contributed by atoms with van der Waals surface area (Å²) in [5.74, 6) is 1.84. The first kappa shape index (κ1) is 11.6. The molecule has 0 atom stereocenters. The van der Waals surface area contributed by atoms with Gasteiger partial charge in [0.15, 0.2) is 29.1 Å². The van der Waals surface area contributed by atoms with Crippen molar-refractivity contribution in [2.75, 3.05) is 7.11 Å². The van der Waals surface area contributed by atoms with Crippen molar-refractivity contribution in [1.82, 2.24) is 0 Å². The number of aryl methyl sites for hydroxylation is 1. The van der Waals surface area contributed by atoms with Crippen molar-refractivity contribution in [2.24, 2.45) is 0 Å². The molecule has 0 unspecified atom stereocenters. The molecule has 0 aliphatic carbocycles. The first-order chi connectivity index (χ1) is 9.24. The maximum Gasteiger partial charge on any atom is 0.177 e. The number of hydrogen-bond donors (Lipinski definition) is 0. The van der Waals surface area contributed by atoms with E-state index in [0.717, 1.165) is 17.2 Å². The summed E-state index contributed by atoms with van der Waals surface area (Å²) in [6.07, 6.45) is 2.41. The second kappa shape index (κ2) is 4.31. The quantitative estimate of drug-likeness (QED) is 0.668. The van der Waals surface area contributed by atoms with Crippen LogP contribution in [0.15, 0.2) is 39.4 Å². The molecule has 0 radical (unpaired) electrons. The Kier molecular flexibility index (Phi) is 2.63. The molecule has 4 heteroatoms. The number of benzene rings is 1. The Bertz CT molecular complexity index is 749. The summed E-state index contributed by atoms with van der Waals surface area (Å²) in [7, 11) is 1.57. The Hall–Kier alpha value is -2.49. The minimum atomic E-state index is 0.554. The van der Waals surface area contributed by atoms with Crippen molar-refractivity contribution in [3.8, 4) is 17.3 Å². The third kappa shape index (κ3) is 1.73. The van der Waals surface area contributed by atoms with Gasteiger partial charge in [-0.2, -0.15) is 0 Å². The predicted molar refractivity (Wildman–Crippen MR) is 70.6 cm³/mol. The molecule has 0 aliphatic rings. The van der Waals surface area contributed by atoms with Crippen LogP contribution in [0.25, 0.3) is 22.5 Å². The van der Waals surface area contributed by atoms with Gasteiger partial charge in [-0.25, -0.2) is 0 Å². The minimum Gasteiger partial charge on any atom is -0.493 e. The van der Waals surface area contributed by atoms with Crippen molar-refractivity contribution in [2.45, 2.75) is 6.92 Å². The summed E-state index contributed by atoms with van der Waals surface area (Å²) in [5.41, 5.74) is 2.10. The van der Waals surface area contributed by atoms with Gasteiger partial charge in [0.05, 0.1) is 13.4 Å². The van der Waals surface area contributed by atoms with Crippen molar-refractivity contribution < 1.29 is 18.4 Å². The summed E-state index contributed by atoms with van der Waals surface area (Å²) in [4.78, 5) is 11.1. The monoisotopic (exact) mass is 256 g/mol. The van der Waals surface area contributed by atoms with Crippen molar-refractivity contribution in [3.63, 3.8) is 0 Å². The van der Waals surface area contributed by atoms with Crippen molar-refractivity contribution >= 4 is 17.3 Å². The van der Waals surface area contributed by atoms with E-state index in [1.807, 2.05) is 13.0 Å². The largest absolute Gasteiger partial charge is 0.493 e. The molecule has 0 spiro atoms. The molecule has 3 aromatic rings. The lowest BCUT2D eigenvalue weighted by Crippen LogP contribution is -1.86. The number of hydrogen-bond acceptors (Lipinski definition) is 4. The molecular weight excluding hydrogens is 244 g/mol. The number of carbonyl (C=O) groups is 1. The number of ether oxygens (including phenoxy) is 1. The molecule has 2 aromatic heterocycles. The van der Waals surface area contributed by atoms with Gasteiger partial charge in [-0.05, 0) is 36.8 Å². The highest BCUT2D eigenvalue weighted by molar-refractivity contribution is 6.00. The van der Waals surface area contributed by atoms with Gasteiger partial charge in [0.2, 0.25) is 0 Å². The molecule has 0 amide bonds. The van der Waals surface area contributed by atoms with Gasteiger partial charge in [-0.3, -0.25) is 4.79 Å². The van der Waals surface area contributed by atoms with Gasteiger partial charge in [0, 0.05) is 10.9 Å². The van der Waals surface area contributed by atoms with Crippen LogP contribution < -0.4 is 4.74 Å². The minimum absolute atomic E-state index is 0.554. The van der Waals surface area contributed by atoms with Gasteiger partial charge in [-0.15, -0.1) is 0 Å². The zero-order valence-electron chi connectivity index (χ0n) is 10.6. The number of aldehydes is 1. The Labute approximate surface area is 109 Å². The van der Waals surface area contributed by atoms with E-state index in [1.54, 1.807) is 31.6 Å². The molecule has 3 rings (SSSR count). The lowest BCUT2D eigenvalue weighted by Gasteiger charge is -2.00. The topological polar surface area (TPSA) is 52.6 Å². The Morgan fingerprint density at radius 2 is 2.11 bits per heavy atom. The van der Waals surface area contributed by atoms with Crippen LogP contribution in [0.1, 0.15) is 15.9 Å². The fourth-order valence-electron chi connectivity index (χ4n) is 2.12. The van der Waals surface area contributed by atoms with Crippen LogP contribution in [0.5, 0.6) is 5.75 Å². The molecule has 1 aromatic carbocycles. The number of furan rings is 2. The maximum absolute atomic E-state index is 11.1. The molecule has 0 saturated carbocycles. The summed E-state index contributed by atoms with van der Waals surface area (Å²) in [5, 5.41) is 0.722. The normalized spacial score (nSPS) is 10.8. The summed E-state index contributed by atoms with van der Waals surface area (Å²) >= 11 is 0. The van der Waals surface area contributed by atoms with E-state index >= 15 is 0 Å². The van der Waals surface area contributed by atoms with E-state index in [9.17, 15) is 4.79 Å². The van der Waals surface area contributed by atoms with Gasteiger partial charge < -0.3 is 13.6 Å². The number of methoxy groups -OCH3 is 1. The molecule has 0 fully saturated rings. The zero-order chi connectivity index (χ0) is 13.4. The molecule has 19 heavy (non-hydrogen) atoms. The first-order valence-corrected chi connectivity index (χ1v) is 5.84. The SMILES string of the molecule is COc1ccc(C=O)c2cc(-c3occc3C)oc12. The van der Waals surface area contributed by atoms with Crippen LogP contribution in [0.4, 0.5) is 0 Å². The third-order valence-electron chi connectivity index (χ3n) is 3.11. The fourth-order valence-corrected chi connectivity index (χ4v) is 2.12. The number of rotatable bonds is 3. The van der Waals surface area contributed by atoms with Crippen LogP contribution in [-0.4, -0.2) is 13.4 Å². The second-order valence-electron chi connectivity index (χ2n) is 4.26. The van der Waals surface area contributed by atoms with Gasteiger partial charge in [0.1, 0.15) is 0 Å². The fraction of sp³-hybridized carbons (Fsp3) is 0.133. The van der Waals surface area contributed by atoms with Gasteiger partial charge >= 0.3 is 0 Å². The van der Waals surface area contributed by atoms with Crippen LogP contribution >= 0.6 is 0 Å². The number of carbonyl (C=O) groups excluding carboxylic acids is 1. The van der Waals surface area contributed by atoms with E-state index in [-0.39, 0.29) is 0 Å². The molecule has 96 valence electrons. The Morgan fingerprint density at radius 1 is 1.26 bits per heavy atom. The Morgan fingerprint density at radius 3 is 2.74 bits per heavy atom. The molecule has 0 bridgehead atoms. The maximum atomic E-state index is 11.1. The first-order valence-electron chi connectivity index (χ1n) is 5.84. The lowest BCUT2D eigenvalue weighted by molar-refractivity contribution is 0.112. The summed E-state index contributed by atoms with van der Waals surface area (Å²) in [6, 6.07) is 7.09. The lowest BCUT2D eigenvalue weighted by atomic mass is 10.1. The number of fused-ring (bicyclic) bond motifs is 1. The van der Waals surface area contributed by atoms with Crippen molar-refractivity contribution in [3.05, 3.63) is 41.7 Å². The average Bonchev–Trinajstić information content (AvgIpc) is 3.03. The van der Waals surface area contributed by atoms with Crippen LogP contribution in [0.2, 0.25) is 0 Å². The predicted octanol–water partition coefficient (Wildman–Crippen LogP) is 3.82. The molecule has 4 nitrogen and oxygen atoms in total. The molecule has 0 saturated heterocycles. The van der Waals surface area contributed by atoms with Gasteiger partial charge in [-0.1, -0.05) is 0 Å². The summed E-state index contributed by atoms with van der Waals surface area (Å²) in [6.45, 7) is 1.93. The standard InChI is InChI=1S/C15H12O4/c1-9-5-6-18-14(9)13-7-11-10(8-16)3-4-12(17-2)15(11)19-13/h3-8H,1-2H3. The highest BCUT2D eigenvalue weighted by atomic mass is 16.5. The van der Waals surface area contributed by atoms with Crippen LogP contribution in [0, 0.1) is 6.92 Å². The van der Waals surface area contributed by atoms with E-state index in [2.05, 4.69) is 0 Å². The molecule has 0 aliphatic heterocycles. The molecular formula is C15H12O4. The van der Waals surface area contributed by atoms with E-state index in [4.69, 9.17) is 13.6 Å². The third-order valence-corrected chi connectivity index (χ3v) is 3.11. The van der Waals surface area contributed by atoms with E-state index in [1.165, 1.54) is 0 Å².